The molecule has 25 heavy (non-hydrogen) atoms. The van der Waals surface area contributed by atoms with Crippen LogP contribution in [0.2, 0.25) is 5.02 Å². The van der Waals surface area contributed by atoms with E-state index in [1.165, 1.54) is 18.2 Å². The lowest BCUT2D eigenvalue weighted by Gasteiger charge is -2.25. The minimum absolute atomic E-state index is 0.0360. The maximum atomic E-state index is 13.7. The predicted octanol–water partition coefficient (Wildman–Crippen LogP) is 2.75. The predicted molar refractivity (Wildman–Crippen MR) is 87.4 cm³/mol. The van der Waals surface area contributed by atoms with Gasteiger partial charge in [-0.05, 0) is 23.8 Å². The molecule has 7 heteroatoms. The Kier molecular flexibility index (Phi) is 4.81. The molecule has 0 saturated carbocycles. The normalized spacial score (nSPS) is 13.6. The molecular weight excluding hydrogens is 349 g/mol. The average Bonchev–Trinajstić information content (AvgIpc) is 2.58. The number of ether oxygens (including phenoxy) is 1. The van der Waals surface area contributed by atoms with Crippen molar-refractivity contribution < 1.29 is 23.5 Å². The molecule has 128 valence electrons. The van der Waals surface area contributed by atoms with E-state index >= 15 is 0 Å². The van der Waals surface area contributed by atoms with E-state index in [-0.39, 0.29) is 23.6 Å². The second-order valence-electron chi connectivity index (χ2n) is 5.48. The Labute approximate surface area is 147 Å². The summed E-state index contributed by atoms with van der Waals surface area (Å²) in [4.78, 5) is 37.3. The number of carbonyl (C=O) groups is 3. The molecular formula is C18H13ClFNO4. The highest BCUT2D eigenvalue weighted by Crippen LogP contribution is 2.21. The Balaban J connectivity index is 1.67. The van der Waals surface area contributed by atoms with Gasteiger partial charge in [-0.2, -0.15) is 0 Å². The first kappa shape index (κ1) is 17.1. The number of hydrogen-bond donors (Lipinski definition) is 0. The largest absolute Gasteiger partial charge is 0.459 e. The van der Waals surface area contributed by atoms with E-state index in [1.807, 2.05) is 0 Å². The van der Waals surface area contributed by atoms with Crippen molar-refractivity contribution in [2.75, 3.05) is 6.54 Å². The first-order chi connectivity index (χ1) is 12.0. The molecule has 0 N–H and O–H groups in total. The van der Waals surface area contributed by atoms with Crippen molar-refractivity contribution in [1.82, 2.24) is 4.90 Å². The highest BCUT2D eigenvalue weighted by Gasteiger charge is 2.32. The molecule has 0 atom stereocenters. The number of fused-ring (bicyclic) bond motifs is 1. The zero-order chi connectivity index (χ0) is 18.0. The fourth-order valence-electron chi connectivity index (χ4n) is 2.56. The van der Waals surface area contributed by atoms with Gasteiger partial charge in [0.1, 0.15) is 19.0 Å². The standard InChI is InChI=1S/C18H13ClFNO4/c19-14-6-3-7-15(20)13(14)10-25-17(23)9-21-16(22)8-11-4-1-2-5-12(11)18(21)24/h1-7H,8-10H2. The number of halogens is 2. The van der Waals surface area contributed by atoms with Crippen molar-refractivity contribution in [3.8, 4) is 0 Å². The molecule has 0 aliphatic carbocycles. The molecule has 0 spiro atoms. The summed E-state index contributed by atoms with van der Waals surface area (Å²) in [5.74, 6) is -2.45. The number of carbonyl (C=O) groups excluding carboxylic acids is 3. The Morgan fingerprint density at radius 3 is 2.68 bits per heavy atom. The van der Waals surface area contributed by atoms with Gasteiger partial charge in [0.15, 0.2) is 0 Å². The Bertz CT molecular complexity index is 848. The minimum atomic E-state index is -0.819. The zero-order valence-electron chi connectivity index (χ0n) is 13.0. The van der Waals surface area contributed by atoms with E-state index in [4.69, 9.17) is 16.3 Å². The van der Waals surface area contributed by atoms with Crippen LogP contribution >= 0.6 is 11.6 Å². The van der Waals surface area contributed by atoms with Gasteiger partial charge in [-0.25, -0.2) is 4.39 Å². The second kappa shape index (κ2) is 7.03. The number of rotatable bonds is 4. The maximum absolute atomic E-state index is 13.7. The lowest BCUT2D eigenvalue weighted by atomic mass is 9.98. The van der Waals surface area contributed by atoms with Crippen molar-refractivity contribution >= 4 is 29.4 Å². The number of esters is 1. The molecule has 5 nitrogen and oxygen atoms in total. The first-order valence-corrected chi connectivity index (χ1v) is 7.86. The Morgan fingerprint density at radius 1 is 1.16 bits per heavy atom. The van der Waals surface area contributed by atoms with E-state index in [9.17, 15) is 18.8 Å². The number of imide groups is 1. The van der Waals surface area contributed by atoms with Gasteiger partial charge in [-0.1, -0.05) is 35.9 Å². The monoisotopic (exact) mass is 361 g/mol. The summed E-state index contributed by atoms with van der Waals surface area (Å²) in [6.45, 7) is -0.908. The van der Waals surface area contributed by atoms with Crippen LogP contribution in [0, 0.1) is 5.82 Å². The van der Waals surface area contributed by atoms with Crippen molar-refractivity contribution in [1.29, 1.82) is 0 Å². The number of nitrogens with zero attached hydrogens (tertiary/aromatic N) is 1. The van der Waals surface area contributed by atoms with Crippen molar-refractivity contribution in [2.45, 2.75) is 13.0 Å². The molecule has 0 fully saturated rings. The molecule has 0 bridgehead atoms. The van der Waals surface area contributed by atoms with Crippen LogP contribution < -0.4 is 0 Å². The molecule has 0 unspecified atom stereocenters. The lowest BCUT2D eigenvalue weighted by Crippen LogP contribution is -2.45. The van der Waals surface area contributed by atoms with Crippen LogP contribution in [0.5, 0.6) is 0 Å². The maximum Gasteiger partial charge on any atom is 0.326 e. The van der Waals surface area contributed by atoms with E-state index < -0.39 is 30.1 Å². The van der Waals surface area contributed by atoms with Crippen LogP contribution in [0.1, 0.15) is 21.5 Å². The summed E-state index contributed by atoms with van der Waals surface area (Å²) < 4.78 is 18.6. The smallest absolute Gasteiger partial charge is 0.326 e. The van der Waals surface area contributed by atoms with Crippen LogP contribution in [-0.2, 0) is 27.4 Å². The third kappa shape index (κ3) is 3.53. The molecule has 2 amide bonds. The van der Waals surface area contributed by atoms with E-state index in [2.05, 4.69) is 0 Å². The van der Waals surface area contributed by atoms with Gasteiger partial charge in [0.05, 0.1) is 11.4 Å². The van der Waals surface area contributed by atoms with E-state index in [1.54, 1.807) is 24.3 Å². The van der Waals surface area contributed by atoms with Crippen molar-refractivity contribution in [3.05, 3.63) is 70.0 Å². The molecule has 1 heterocycles. The van der Waals surface area contributed by atoms with Crippen LogP contribution in [0.4, 0.5) is 4.39 Å². The molecule has 2 aromatic rings. The number of benzene rings is 2. The average molecular weight is 362 g/mol. The van der Waals surface area contributed by atoms with Crippen molar-refractivity contribution in [2.24, 2.45) is 0 Å². The van der Waals surface area contributed by atoms with Gasteiger partial charge in [-0.15, -0.1) is 0 Å². The summed E-state index contributed by atoms with van der Waals surface area (Å²) in [5, 5.41) is 0.131. The Hall–Kier alpha value is -2.73. The quantitative estimate of drug-likeness (QED) is 0.620. The molecule has 0 radical (unpaired) electrons. The molecule has 2 aromatic carbocycles. The van der Waals surface area contributed by atoms with E-state index in [0.717, 1.165) is 4.90 Å². The zero-order valence-corrected chi connectivity index (χ0v) is 13.8. The molecule has 0 saturated heterocycles. The topological polar surface area (TPSA) is 63.7 Å². The van der Waals surface area contributed by atoms with E-state index in [0.29, 0.717) is 11.1 Å². The second-order valence-corrected chi connectivity index (χ2v) is 5.89. The summed E-state index contributed by atoms with van der Waals surface area (Å²) in [6, 6.07) is 10.8. The molecule has 3 rings (SSSR count). The van der Waals surface area contributed by atoms with Crippen LogP contribution in [0.25, 0.3) is 0 Å². The van der Waals surface area contributed by atoms with Crippen LogP contribution in [-0.4, -0.2) is 29.2 Å². The molecule has 0 aromatic heterocycles. The number of hydrogen-bond acceptors (Lipinski definition) is 4. The minimum Gasteiger partial charge on any atom is -0.459 e. The van der Waals surface area contributed by atoms with Gasteiger partial charge in [-0.3, -0.25) is 19.3 Å². The van der Waals surface area contributed by atoms with Crippen LogP contribution in [0.15, 0.2) is 42.5 Å². The summed E-state index contributed by atoms with van der Waals surface area (Å²) in [7, 11) is 0. The lowest BCUT2D eigenvalue weighted by molar-refractivity contribution is -0.149. The van der Waals surface area contributed by atoms with Gasteiger partial charge in [0.25, 0.3) is 5.91 Å². The first-order valence-electron chi connectivity index (χ1n) is 7.48. The van der Waals surface area contributed by atoms with Crippen molar-refractivity contribution in [3.63, 3.8) is 0 Å². The highest BCUT2D eigenvalue weighted by molar-refractivity contribution is 6.31. The summed E-state index contributed by atoms with van der Waals surface area (Å²) >= 11 is 5.86. The SMILES string of the molecule is O=C(CN1C(=O)Cc2ccccc2C1=O)OCc1c(F)cccc1Cl. The molecule has 1 aliphatic rings. The third-order valence-corrected chi connectivity index (χ3v) is 4.22. The summed E-state index contributed by atoms with van der Waals surface area (Å²) in [6.07, 6.45) is 0.0360. The summed E-state index contributed by atoms with van der Waals surface area (Å²) in [5.41, 5.74) is 1.05. The Morgan fingerprint density at radius 2 is 1.92 bits per heavy atom. The third-order valence-electron chi connectivity index (χ3n) is 3.86. The van der Waals surface area contributed by atoms with Gasteiger partial charge in [0, 0.05) is 11.1 Å². The van der Waals surface area contributed by atoms with Gasteiger partial charge in [0.2, 0.25) is 5.91 Å². The number of amides is 2. The fourth-order valence-corrected chi connectivity index (χ4v) is 2.78. The fraction of sp³-hybridized carbons (Fsp3) is 0.167. The molecule has 1 aliphatic heterocycles. The highest BCUT2D eigenvalue weighted by atomic mass is 35.5. The van der Waals surface area contributed by atoms with Gasteiger partial charge < -0.3 is 4.74 Å². The van der Waals surface area contributed by atoms with Gasteiger partial charge >= 0.3 is 5.97 Å². The van der Waals surface area contributed by atoms with Crippen LogP contribution in [0.3, 0.4) is 0 Å².